The van der Waals surface area contributed by atoms with E-state index in [4.69, 9.17) is 25.8 Å². The Morgan fingerprint density at radius 3 is 2.58 bits per heavy atom. The molecule has 5 nitrogen and oxygen atoms in total. The van der Waals surface area contributed by atoms with Crippen molar-refractivity contribution in [3.8, 4) is 11.5 Å². The Morgan fingerprint density at radius 1 is 1.00 bits per heavy atom. The fourth-order valence-electron chi connectivity index (χ4n) is 3.72. The van der Waals surface area contributed by atoms with Gasteiger partial charge in [-0.25, -0.2) is 0 Å². The van der Waals surface area contributed by atoms with Crippen LogP contribution < -0.4 is 9.47 Å². The molecule has 0 N–H and O–H groups in total. The molecule has 0 aliphatic carbocycles. The number of nitrogens with zero attached hydrogens (tertiary/aromatic N) is 2. The molecule has 1 aromatic carbocycles. The summed E-state index contributed by atoms with van der Waals surface area (Å²) in [5.74, 6) is 1.47. The van der Waals surface area contributed by atoms with Crippen molar-refractivity contribution in [2.75, 3.05) is 52.5 Å². The number of ether oxygens (including phenoxy) is 3. The summed E-state index contributed by atoms with van der Waals surface area (Å²) in [7, 11) is 0. The molecule has 4 rings (SSSR count). The molecule has 1 atom stereocenters. The van der Waals surface area contributed by atoms with Crippen LogP contribution in [0.3, 0.4) is 0 Å². The normalized spacial score (nSPS) is 25.1. The van der Waals surface area contributed by atoms with E-state index in [0.29, 0.717) is 30.1 Å². The summed E-state index contributed by atoms with van der Waals surface area (Å²) in [5, 5.41) is 0.652. The smallest absolute Gasteiger partial charge is 0.179 e. The Balaban J connectivity index is 1.31. The van der Waals surface area contributed by atoms with Crippen LogP contribution in [-0.4, -0.2) is 68.4 Å². The van der Waals surface area contributed by atoms with Crippen LogP contribution in [0.15, 0.2) is 12.1 Å². The van der Waals surface area contributed by atoms with Crippen LogP contribution in [0.4, 0.5) is 0 Å². The Morgan fingerprint density at radius 2 is 1.79 bits per heavy atom. The Hall–Kier alpha value is -1.01. The molecule has 24 heavy (non-hydrogen) atoms. The van der Waals surface area contributed by atoms with Crippen molar-refractivity contribution in [1.29, 1.82) is 0 Å². The number of halogens is 1. The topological polar surface area (TPSA) is 34.2 Å². The summed E-state index contributed by atoms with van der Waals surface area (Å²) in [5.41, 5.74) is 1.19. The first kappa shape index (κ1) is 16.5. The minimum atomic E-state index is 0.452. The lowest BCUT2D eigenvalue weighted by atomic mass is 10.1. The van der Waals surface area contributed by atoms with Crippen LogP contribution in [0.1, 0.15) is 18.4 Å². The summed E-state index contributed by atoms with van der Waals surface area (Å²) >= 11 is 6.34. The highest BCUT2D eigenvalue weighted by molar-refractivity contribution is 6.32. The van der Waals surface area contributed by atoms with Gasteiger partial charge in [0.25, 0.3) is 0 Å². The predicted molar refractivity (Wildman–Crippen MR) is 93.1 cm³/mol. The van der Waals surface area contributed by atoms with Gasteiger partial charge in [0.05, 0.1) is 11.1 Å². The number of hydrogen-bond acceptors (Lipinski definition) is 5. The second-order valence-corrected chi connectivity index (χ2v) is 7.22. The monoisotopic (exact) mass is 352 g/mol. The van der Waals surface area contributed by atoms with Crippen molar-refractivity contribution in [1.82, 2.24) is 9.80 Å². The number of fused-ring (bicyclic) bond motifs is 1. The SMILES string of the molecule is Clc1cc(CN2CCN(CC3CCCO3)CC2)cc2c1OCCO2. The maximum absolute atomic E-state index is 6.34. The van der Waals surface area contributed by atoms with Gasteiger partial charge in [-0.05, 0) is 30.5 Å². The molecule has 2 fully saturated rings. The largest absolute Gasteiger partial charge is 0.486 e. The molecule has 3 aliphatic heterocycles. The van der Waals surface area contributed by atoms with Crippen molar-refractivity contribution in [2.24, 2.45) is 0 Å². The van der Waals surface area contributed by atoms with Gasteiger partial charge in [-0.3, -0.25) is 9.80 Å². The fraction of sp³-hybridized carbons (Fsp3) is 0.667. The second kappa shape index (κ2) is 7.48. The average molecular weight is 353 g/mol. The third kappa shape index (κ3) is 3.80. The van der Waals surface area contributed by atoms with E-state index in [1.807, 2.05) is 6.07 Å². The first-order chi connectivity index (χ1) is 11.8. The molecule has 1 aromatic rings. The van der Waals surface area contributed by atoms with Crippen LogP contribution in [0.25, 0.3) is 0 Å². The van der Waals surface area contributed by atoms with Gasteiger partial charge in [-0.2, -0.15) is 0 Å². The fourth-order valence-corrected chi connectivity index (χ4v) is 4.01. The second-order valence-electron chi connectivity index (χ2n) is 6.81. The highest BCUT2D eigenvalue weighted by Crippen LogP contribution is 2.38. The Labute approximate surface area is 148 Å². The van der Waals surface area contributed by atoms with Crippen LogP contribution in [0.2, 0.25) is 5.02 Å². The molecule has 0 spiro atoms. The van der Waals surface area contributed by atoms with Crippen LogP contribution in [0.5, 0.6) is 11.5 Å². The summed E-state index contributed by atoms with van der Waals surface area (Å²) in [6, 6.07) is 4.08. The van der Waals surface area contributed by atoms with Crippen LogP contribution >= 0.6 is 11.6 Å². The molecule has 132 valence electrons. The zero-order valence-corrected chi connectivity index (χ0v) is 14.8. The lowest BCUT2D eigenvalue weighted by Gasteiger charge is -2.35. The first-order valence-corrected chi connectivity index (χ1v) is 9.30. The number of benzene rings is 1. The highest BCUT2D eigenvalue weighted by Gasteiger charge is 2.23. The van der Waals surface area contributed by atoms with E-state index >= 15 is 0 Å². The van der Waals surface area contributed by atoms with E-state index in [0.717, 1.165) is 51.6 Å². The van der Waals surface area contributed by atoms with Crippen molar-refractivity contribution in [3.63, 3.8) is 0 Å². The molecule has 6 heteroatoms. The van der Waals surface area contributed by atoms with E-state index in [-0.39, 0.29) is 0 Å². The third-order valence-corrected chi connectivity index (χ3v) is 5.29. The van der Waals surface area contributed by atoms with Gasteiger partial charge in [-0.1, -0.05) is 11.6 Å². The average Bonchev–Trinajstić information content (AvgIpc) is 3.10. The van der Waals surface area contributed by atoms with Crippen molar-refractivity contribution >= 4 is 11.6 Å². The summed E-state index contributed by atoms with van der Waals surface area (Å²) in [6.45, 7) is 8.48. The molecule has 3 heterocycles. The van der Waals surface area contributed by atoms with E-state index in [1.54, 1.807) is 0 Å². The molecule has 1 unspecified atom stereocenters. The number of rotatable bonds is 4. The van der Waals surface area contributed by atoms with Crippen LogP contribution in [-0.2, 0) is 11.3 Å². The van der Waals surface area contributed by atoms with E-state index in [2.05, 4.69) is 15.9 Å². The van der Waals surface area contributed by atoms with Gasteiger partial charge in [0.1, 0.15) is 13.2 Å². The molecular formula is C18H25ClN2O3. The zero-order valence-electron chi connectivity index (χ0n) is 14.0. The third-order valence-electron chi connectivity index (χ3n) is 5.01. The quantitative estimate of drug-likeness (QED) is 0.831. The molecule has 3 aliphatic rings. The maximum Gasteiger partial charge on any atom is 0.179 e. The van der Waals surface area contributed by atoms with Crippen molar-refractivity contribution in [3.05, 3.63) is 22.7 Å². The van der Waals surface area contributed by atoms with E-state index in [9.17, 15) is 0 Å². The summed E-state index contributed by atoms with van der Waals surface area (Å²) in [6.07, 6.45) is 2.89. The van der Waals surface area contributed by atoms with Gasteiger partial charge >= 0.3 is 0 Å². The van der Waals surface area contributed by atoms with Crippen LogP contribution in [0, 0.1) is 0 Å². The maximum atomic E-state index is 6.34. The van der Waals surface area contributed by atoms with Crippen molar-refractivity contribution < 1.29 is 14.2 Å². The molecule has 0 amide bonds. The molecular weight excluding hydrogens is 328 g/mol. The summed E-state index contributed by atoms with van der Waals surface area (Å²) in [4.78, 5) is 5.01. The lowest BCUT2D eigenvalue weighted by molar-refractivity contribution is 0.0489. The van der Waals surface area contributed by atoms with Gasteiger partial charge in [0, 0.05) is 45.9 Å². The van der Waals surface area contributed by atoms with E-state index in [1.165, 1.54) is 18.4 Å². The van der Waals surface area contributed by atoms with Gasteiger partial charge in [0.2, 0.25) is 0 Å². The first-order valence-electron chi connectivity index (χ1n) is 8.92. The number of piperazine rings is 1. The highest BCUT2D eigenvalue weighted by atomic mass is 35.5. The standard InChI is InChI=1S/C18H25ClN2O3/c19-16-10-14(11-17-18(16)24-9-8-23-17)12-20-3-5-21(6-4-20)13-15-2-1-7-22-15/h10-11,15H,1-9,12-13H2. The minimum absolute atomic E-state index is 0.452. The van der Waals surface area contributed by atoms with Crippen molar-refractivity contribution in [2.45, 2.75) is 25.5 Å². The molecule has 0 aromatic heterocycles. The molecule has 0 radical (unpaired) electrons. The molecule has 0 saturated carbocycles. The minimum Gasteiger partial charge on any atom is -0.486 e. The summed E-state index contributed by atoms with van der Waals surface area (Å²) < 4.78 is 17.0. The predicted octanol–water partition coefficient (Wildman–Crippen LogP) is 2.41. The molecule has 2 saturated heterocycles. The van der Waals surface area contributed by atoms with Gasteiger partial charge in [-0.15, -0.1) is 0 Å². The lowest BCUT2D eigenvalue weighted by Crippen LogP contribution is -2.48. The van der Waals surface area contributed by atoms with Gasteiger partial charge < -0.3 is 14.2 Å². The van der Waals surface area contributed by atoms with E-state index < -0.39 is 0 Å². The molecule has 0 bridgehead atoms. The van der Waals surface area contributed by atoms with Gasteiger partial charge in [0.15, 0.2) is 11.5 Å². The number of hydrogen-bond donors (Lipinski definition) is 0. The Kier molecular flexibility index (Phi) is 5.13. The Bertz CT molecular complexity index is 570. The zero-order chi connectivity index (χ0) is 16.4.